The molecule has 8 heteroatoms. The Morgan fingerprint density at radius 2 is 1.55 bits per heavy atom. The van der Waals surface area contributed by atoms with Crippen LogP contribution >= 0.6 is 11.6 Å². The molecule has 1 aromatic heterocycles. The average molecular weight is 449 g/mol. The summed E-state index contributed by atoms with van der Waals surface area (Å²) in [5.74, 6) is 0. The second-order valence-electron chi connectivity index (χ2n) is 7.15. The summed E-state index contributed by atoms with van der Waals surface area (Å²) in [4.78, 5) is 9.34. The smallest absolute Gasteiger partial charge is 0.253 e. The van der Waals surface area contributed by atoms with Crippen LogP contribution in [-0.4, -0.2) is 28.5 Å². The third kappa shape index (κ3) is 3.66. The van der Waals surface area contributed by atoms with Crippen LogP contribution in [0, 0.1) is 0 Å². The molecule has 1 unspecified atom stereocenters. The van der Waals surface area contributed by atoms with Gasteiger partial charge in [0.15, 0.2) is 0 Å². The van der Waals surface area contributed by atoms with E-state index in [1.807, 2.05) is 36.4 Å². The zero-order chi connectivity index (χ0) is 21.4. The maximum atomic E-state index is 13.5. The topological polar surface area (TPSA) is 75.5 Å². The van der Waals surface area contributed by atoms with E-state index in [4.69, 9.17) is 16.6 Å². The summed E-state index contributed by atoms with van der Waals surface area (Å²) in [7, 11) is -3.89. The maximum absolute atomic E-state index is 13.5. The number of nitrogens with zero attached hydrogens (tertiary/aromatic N) is 4. The van der Waals surface area contributed by atoms with E-state index in [0.717, 1.165) is 15.5 Å². The van der Waals surface area contributed by atoms with Gasteiger partial charge in [0.2, 0.25) is 0 Å². The first-order chi connectivity index (χ1) is 15.0. The lowest BCUT2D eigenvalue weighted by Gasteiger charge is -2.22. The zero-order valence-corrected chi connectivity index (χ0v) is 17.8. The van der Waals surface area contributed by atoms with Gasteiger partial charge >= 0.3 is 0 Å². The van der Waals surface area contributed by atoms with Crippen LogP contribution in [0.25, 0.3) is 11.0 Å². The largest absolute Gasteiger partial charge is 0.279 e. The van der Waals surface area contributed by atoms with Gasteiger partial charge in [0, 0.05) is 11.4 Å². The second kappa shape index (κ2) is 7.76. The Hall–Kier alpha value is -3.29. The number of para-hydroxylation sites is 2. The van der Waals surface area contributed by atoms with Crippen LogP contribution in [0.3, 0.4) is 0 Å². The summed E-state index contributed by atoms with van der Waals surface area (Å²) in [5, 5.41) is 5.13. The highest BCUT2D eigenvalue weighted by atomic mass is 35.5. The lowest BCUT2D eigenvalue weighted by atomic mass is 10.0. The molecule has 0 aliphatic carbocycles. The summed E-state index contributed by atoms with van der Waals surface area (Å²) < 4.78 is 28.1. The molecule has 0 radical (unpaired) electrons. The van der Waals surface area contributed by atoms with Crippen LogP contribution in [0.15, 0.2) is 95.1 Å². The third-order valence-electron chi connectivity index (χ3n) is 5.15. The minimum Gasteiger partial charge on any atom is -0.253 e. The molecule has 2 heterocycles. The summed E-state index contributed by atoms with van der Waals surface area (Å²) in [6, 6.07) is 22.4. The van der Waals surface area contributed by atoms with Crippen molar-refractivity contribution in [3.63, 3.8) is 0 Å². The molecule has 0 saturated heterocycles. The van der Waals surface area contributed by atoms with Gasteiger partial charge in [0.05, 0.1) is 33.5 Å². The molecule has 31 heavy (non-hydrogen) atoms. The van der Waals surface area contributed by atoms with Crippen molar-refractivity contribution in [2.45, 2.75) is 17.4 Å². The number of fused-ring (bicyclic) bond motifs is 1. The van der Waals surface area contributed by atoms with Gasteiger partial charge in [-0.15, -0.1) is 0 Å². The summed E-state index contributed by atoms with van der Waals surface area (Å²) in [6.07, 6.45) is 2.00. The molecule has 154 valence electrons. The van der Waals surface area contributed by atoms with Gasteiger partial charge in [-0.25, -0.2) is 4.98 Å². The summed E-state index contributed by atoms with van der Waals surface area (Å²) in [5.41, 5.74) is 3.47. The SMILES string of the molecule is O=S(=O)(c1ccccc1)N1N=C(c2ccc(Cl)cc2)CC1c1cnc2ccccc2n1. The van der Waals surface area contributed by atoms with Crippen molar-refractivity contribution >= 4 is 38.4 Å². The zero-order valence-electron chi connectivity index (χ0n) is 16.3. The molecule has 0 spiro atoms. The van der Waals surface area contributed by atoms with Gasteiger partial charge in [-0.2, -0.15) is 17.9 Å². The molecule has 0 bridgehead atoms. The molecule has 5 rings (SSSR count). The highest BCUT2D eigenvalue weighted by molar-refractivity contribution is 7.89. The molecule has 0 saturated carbocycles. The monoisotopic (exact) mass is 448 g/mol. The molecule has 1 atom stereocenters. The highest BCUT2D eigenvalue weighted by Crippen LogP contribution is 2.36. The standard InChI is InChI=1S/C23H17ClN4O2S/c24-17-12-10-16(11-13-17)21-14-23(22-15-25-19-8-4-5-9-20(19)26-22)28(27-21)31(29,30)18-6-2-1-3-7-18/h1-13,15,23H,14H2. The van der Waals surface area contributed by atoms with E-state index in [9.17, 15) is 8.42 Å². The Kier molecular flexibility index (Phi) is 4.92. The van der Waals surface area contributed by atoms with Gasteiger partial charge in [-0.1, -0.05) is 54.1 Å². The number of hydrogen-bond donors (Lipinski definition) is 0. The third-order valence-corrected chi connectivity index (χ3v) is 7.09. The molecule has 0 N–H and O–H groups in total. The number of hydrazone groups is 1. The van der Waals surface area contributed by atoms with Gasteiger partial charge in [0.25, 0.3) is 10.0 Å². The number of hydrogen-bond acceptors (Lipinski definition) is 5. The van der Waals surface area contributed by atoms with Crippen LogP contribution in [0.2, 0.25) is 5.02 Å². The minimum atomic E-state index is -3.89. The molecule has 1 aliphatic heterocycles. The van der Waals surface area contributed by atoms with E-state index in [-0.39, 0.29) is 4.90 Å². The number of halogens is 1. The van der Waals surface area contributed by atoms with E-state index in [2.05, 4.69) is 10.1 Å². The van der Waals surface area contributed by atoms with Crippen molar-refractivity contribution in [2.75, 3.05) is 0 Å². The Balaban J connectivity index is 1.62. The van der Waals surface area contributed by atoms with Gasteiger partial charge in [0.1, 0.15) is 6.04 Å². The van der Waals surface area contributed by atoms with Crippen molar-refractivity contribution in [1.82, 2.24) is 14.4 Å². The number of rotatable bonds is 4. The highest BCUT2D eigenvalue weighted by Gasteiger charge is 2.38. The normalized spacial score (nSPS) is 16.5. The van der Waals surface area contributed by atoms with Crippen molar-refractivity contribution in [3.8, 4) is 0 Å². The van der Waals surface area contributed by atoms with Crippen LogP contribution < -0.4 is 0 Å². The molecule has 4 aromatic rings. The fourth-order valence-corrected chi connectivity index (χ4v) is 5.15. The van der Waals surface area contributed by atoms with Crippen molar-refractivity contribution in [3.05, 3.63) is 101 Å². The summed E-state index contributed by atoms with van der Waals surface area (Å²) >= 11 is 6.02. The number of aromatic nitrogens is 2. The van der Waals surface area contributed by atoms with E-state index in [0.29, 0.717) is 28.4 Å². The molecular weight excluding hydrogens is 432 g/mol. The average Bonchev–Trinajstić information content (AvgIpc) is 3.26. The first-order valence-corrected chi connectivity index (χ1v) is 11.5. The minimum absolute atomic E-state index is 0.176. The molecular formula is C23H17ClN4O2S. The Bertz CT molecular complexity index is 1390. The fraction of sp³-hybridized carbons (Fsp3) is 0.0870. The number of benzene rings is 3. The van der Waals surface area contributed by atoms with E-state index < -0.39 is 16.1 Å². The van der Waals surface area contributed by atoms with Crippen LogP contribution in [0.1, 0.15) is 23.7 Å². The van der Waals surface area contributed by atoms with Gasteiger partial charge < -0.3 is 0 Å². The van der Waals surface area contributed by atoms with Crippen LogP contribution in [-0.2, 0) is 10.0 Å². The summed E-state index contributed by atoms with van der Waals surface area (Å²) in [6.45, 7) is 0. The lowest BCUT2D eigenvalue weighted by Crippen LogP contribution is -2.28. The van der Waals surface area contributed by atoms with Crippen LogP contribution in [0.4, 0.5) is 0 Å². The maximum Gasteiger partial charge on any atom is 0.279 e. The molecule has 0 fully saturated rings. The van der Waals surface area contributed by atoms with Gasteiger partial charge in [-0.05, 0) is 42.0 Å². The number of sulfonamides is 1. The molecule has 1 aliphatic rings. The second-order valence-corrected chi connectivity index (χ2v) is 9.38. The Morgan fingerprint density at radius 1 is 0.871 bits per heavy atom. The lowest BCUT2D eigenvalue weighted by molar-refractivity contribution is 0.365. The van der Waals surface area contributed by atoms with Crippen LogP contribution in [0.5, 0.6) is 0 Å². The van der Waals surface area contributed by atoms with Gasteiger partial charge in [-0.3, -0.25) is 4.98 Å². The fourth-order valence-electron chi connectivity index (χ4n) is 3.58. The predicted octanol–water partition coefficient (Wildman–Crippen LogP) is 4.82. The van der Waals surface area contributed by atoms with E-state index in [1.54, 1.807) is 48.7 Å². The molecule has 3 aromatic carbocycles. The Labute approximate surface area is 184 Å². The van der Waals surface area contributed by atoms with Crippen molar-refractivity contribution in [2.24, 2.45) is 5.10 Å². The predicted molar refractivity (Wildman–Crippen MR) is 120 cm³/mol. The molecule has 6 nitrogen and oxygen atoms in total. The van der Waals surface area contributed by atoms with Crippen molar-refractivity contribution < 1.29 is 8.42 Å². The van der Waals surface area contributed by atoms with E-state index in [1.165, 1.54) is 0 Å². The molecule has 0 amide bonds. The van der Waals surface area contributed by atoms with Crippen molar-refractivity contribution in [1.29, 1.82) is 0 Å². The quantitative estimate of drug-likeness (QED) is 0.448. The Morgan fingerprint density at radius 3 is 2.29 bits per heavy atom. The van der Waals surface area contributed by atoms with E-state index >= 15 is 0 Å². The first kappa shape index (κ1) is 19.7. The first-order valence-electron chi connectivity index (χ1n) is 9.67.